The van der Waals surface area contributed by atoms with Crippen LogP contribution in [-0.2, 0) is 13.0 Å². The van der Waals surface area contributed by atoms with Gasteiger partial charge in [-0.25, -0.2) is 0 Å². The van der Waals surface area contributed by atoms with E-state index < -0.39 is 0 Å². The zero-order valence-corrected chi connectivity index (χ0v) is 16.4. The van der Waals surface area contributed by atoms with Gasteiger partial charge >= 0.3 is 0 Å². The third-order valence-electron chi connectivity index (χ3n) is 4.84. The summed E-state index contributed by atoms with van der Waals surface area (Å²) >= 11 is 0. The minimum Gasteiger partial charge on any atom is -0.352 e. The van der Waals surface area contributed by atoms with E-state index in [0.717, 1.165) is 5.56 Å². The van der Waals surface area contributed by atoms with Crippen LogP contribution in [0.25, 0.3) is 0 Å². The van der Waals surface area contributed by atoms with Crippen molar-refractivity contribution in [3.63, 3.8) is 0 Å². The summed E-state index contributed by atoms with van der Waals surface area (Å²) in [6, 6.07) is 13.9. The first-order valence-corrected chi connectivity index (χ1v) is 9.64. The van der Waals surface area contributed by atoms with Crippen LogP contribution in [-0.4, -0.2) is 39.3 Å². The Bertz CT molecular complexity index is 1110. The van der Waals surface area contributed by atoms with E-state index in [9.17, 15) is 14.4 Å². The molecule has 8 nitrogen and oxygen atoms in total. The third kappa shape index (κ3) is 3.98. The van der Waals surface area contributed by atoms with Gasteiger partial charge in [-0.1, -0.05) is 35.5 Å². The molecule has 1 N–H and O–H groups in total. The van der Waals surface area contributed by atoms with Crippen LogP contribution in [0.5, 0.6) is 0 Å². The van der Waals surface area contributed by atoms with Crippen LogP contribution < -0.4 is 5.32 Å². The second-order valence-corrected chi connectivity index (χ2v) is 7.04. The average Bonchev–Trinajstić information content (AvgIpc) is 3.28. The topological polar surface area (TPSA) is 105 Å². The van der Waals surface area contributed by atoms with Crippen LogP contribution in [0.15, 0.2) is 53.1 Å². The highest BCUT2D eigenvalue weighted by molar-refractivity contribution is 6.22. The lowest BCUT2D eigenvalue weighted by Gasteiger charge is -2.13. The smallest absolute Gasteiger partial charge is 0.261 e. The third-order valence-corrected chi connectivity index (χ3v) is 4.84. The molecule has 0 aliphatic carbocycles. The Kier molecular flexibility index (Phi) is 5.38. The standard InChI is InChI=1S/C22H20N4O4/c1-14-24-19(30-25-14)8-5-11-23-20(27)16-9-10-17-18(12-16)22(29)26(21(17)28)13-15-6-3-2-4-7-15/h2-4,6-7,9-10,12H,5,8,11,13H2,1H3,(H,23,27). The molecule has 0 unspecified atom stereocenters. The van der Waals surface area contributed by atoms with E-state index >= 15 is 0 Å². The molecular weight excluding hydrogens is 384 g/mol. The number of rotatable bonds is 7. The second-order valence-electron chi connectivity index (χ2n) is 7.04. The number of hydrogen-bond donors (Lipinski definition) is 1. The number of imide groups is 1. The molecule has 0 radical (unpaired) electrons. The van der Waals surface area contributed by atoms with E-state index in [1.165, 1.54) is 17.0 Å². The number of fused-ring (bicyclic) bond motifs is 1. The first-order valence-electron chi connectivity index (χ1n) is 9.64. The van der Waals surface area contributed by atoms with Gasteiger partial charge in [0, 0.05) is 18.5 Å². The Labute approximate surface area is 172 Å². The van der Waals surface area contributed by atoms with Crippen LogP contribution in [0, 0.1) is 6.92 Å². The van der Waals surface area contributed by atoms with Crippen molar-refractivity contribution >= 4 is 17.7 Å². The summed E-state index contributed by atoms with van der Waals surface area (Å²) in [6.45, 7) is 2.36. The number of amides is 3. The lowest BCUT2D eigenvalue weighted by Crippen LogP contribution is -2.29. The van der Waals surface area contributed by atoms with E-state index in [1.54, 1.807) is 13.0 Å². The van der Waals surface area contributed by atoms with E-state index in [4.69, 9.17) is 4.52 Å². The lowest BCUT2D eigenvalue weighted by atomic mass is 10.1. The first kappa shape index (κ1) is 19.5. The maximum Gasteiger partial charge on any atom is 0.261 e. The normalized spacial score (nSPS) is 12.9. The molecule has 1 aromatic heterocycles. The van der Waals surface area contributed by atoms with Gasteiger partial charge in [-0.2, -0.15) is 4.98 Å². The predicted molar refractivity (Wildman–Crippen MR) is 107 cm³/mol. The van der Waals surface area contributed by atoms with E-state index in [-0.39, 0.29) is 29.8 Å². The van der Waals surface area contributed by atoms with Crippen molar-refractivity contribution in [1.29, 1.82) is 0 Å². The van der Waals surface area contributed by atoms with Crippen LogP contribution in [0.3, 0.4) is 0 Å². The molecule has 0 fully saturated rings. The van der Waals surface area contributed by atoms with Gasteiger partial charge in [-0.15, -0.1) is 0 Å². The fourth-order valence-electron chi connectivity index (χ4n) is 3.33. The van der Waals surface area contributed by atoms with Gasteiger partial charge in [0.1, 0.15) is 0 Å². The molecule has 0 saturated heterocycles. The summed E-state index contributed by atoms with van der Waals surface area (Å²) in [5.41, 5.74) is 1.77. The number of carbonyl (C=O) groups is 3. The van der Waals surface area contributed by atoms with Gasteiger partial charge in [-0.05, 0) is 37.1 Å². The second kappa shape index (κ2) is 8.28. The van der Waals surface area contributed by atoms with Crippen molar-refractivity contribution in [1.82, 2.24) is 20.4 Å². The first-order chi connectivity index (χ1) is 14.5. The van der Waals surface area contributed by atoms with Crippen molar-refractivity contribution in [3.05, 3.63) is 82.5 Å². The SMILES string of the molecule is Cc1noc(CCCNC(=O)c2ccc3c(c2)C(=O)N(Cc2ccccc2)C3=O)n1. The van der Waals surface area contributed by atoms with E-state index in [0.29, 0.717) is 42.2 Å². The molecule has 2 heterocycles. The molecule has 3 aromatic rings. The van der Waals surface area contributed by atoms with Gasteiger partial charge in [0.25, 0.3) is 17.7 Å². The van der Waals surface area contributed by atoms with Crippen molar-refractivity contribution in [3.8, 4) is 0 Å². The maximum absolute atomic E-state index is 12.8. The number of benzene rings is 2. The number of nitrogens with one attached hydrogen (secondary N) is 1. The molecule has 0 spiro atoms. The number of hydrogen-bond acceptors (Lipinski definition) is 6. The summed E-state index contributed by atoms with van der Waals surface area (Å²) < 4.78 is 5.03. The molecule has 8 heteroatoms. The highest BCUT2D eigenvalue weighted by Gasteiger charge is 2.35. The fourth-order valence-corrected chi connectivity index (χ4v) is 3.33. The van der Waals surface area contributed by atoms with Crippen LogP contribution in [0.1, 0.15) is 54.8 Å². The van der Waals surface area contributed by atoms with Crippen molar-refractivity contribution in [2.75, 3.05) is 6.54 Å². The minimum atomic E-state index is -0.389. The molecule has 4 rings (SSSR count). The molecular formula is C22H20N4O4. The Hall–Kier alpha value is -3.81. The largest absolute Gasteiger partial charge is 0.352 e. The Balaban J connectivity index is 1.38. The number of aryl methyl sites for hydroxylation is 2. The highest BCUT2D eigenvalue weighted by Crippen LogP contribution is 2.25. The summed E-state index contributed by atoms with van der Waals surface area (Å²) in [6.07, 6.45) is 1.20. The maximum atomic E-state index is 12.8. The Morgan fingerprint density at radius 3 is 2.57 bits per heavy atom. The van der Waals surface area contributed by atoms with Crippen LogP contribution >= 0.6 is 0 Å². The Morgan fingerprint density at radius 2 is 1.83 bits per heavy atom. The molecule has 2 aromatic carbocycles. The molecule has 0 saturated carbocycles. The van der Waals surface area contributed by atoms with Gasteiger partial charge < -0.3 is 9.84 Å². The Morgan fingerprint density at radius 1 is 1.07 bits per heavy atom. The van der Waals surface area contributed by atoms with Crippen molar-refractivity contribution in [2.45, 2.75) is 26.3 Å². The molecule has 0 bridgehead atoms. The van der Waals surface area contributed by atoms with Gasteiger partial charge in [0.15, 0.2) is 5.82 Å². The zero-order valence-electron chi connectivity index (χ0n) is 16.4. The van der Waals surface area contributed by atoms with Gasteiger partial charge in [0.2, 0.25) is 5.89 Å². The summed E-state index contributed by atoms with van der Waals surface area (Å²) in [7, 11) is 0. The quantitative estimate of drug-likeness (QED) is 0.479. The lowest BCUT2D eigenvalue weighted by molar-refractivity contribution is 0.0642. The number of nitrogens with zero attached hydrogens (tertiary/aromatic N) is 3. The average molecular weight is 404 g/mol. The predicted octanol–water partition coefficient (Wildman–Crippen LogP) is 2.54. The van der Waals surface area contributed by atoms with Crippen LogP contribution in [0.4, 0.5) is 0 Å². The molecule has 1 aliphatic heterocycles. The van der Waals surface area contributed by atoms with E-state index in [2.05, 4.69) is 15.5 Å². The van der Waals surface area contributed by atoms with Crippen LogP contribution in [0.2, 0.25) is 0 Å². The monoisotopic (exact) mass is 404 g/mol. The van der Waals surface area contributed by atoms with Gasteiger partial charge in [0.05, 0.1) is 17.7 Å². The van der Waals surface area contributed by atoms with Gasteiger partial charge in [-0.3, -0.25) is 19.3 Å². The number of aromatic nitrogens is 2. The minimum absolute atomic E-state index is 0.198. The molecule has 0 atom stereocenters. The van der Waals surface area contributed by atoms with E-state index in [1.807, 2.05) is 30.3 Å². The number of carbonyl (C=O) groups excluding carboxylic acids is 3. The summed E-state index contributed by atoms with van der Waals surface area (Å²) in [4.78, 5) is 43.1. The van der Waals surface area contributed by atoms with Crippen molar-refractivity contribution in [2.24, 2.45) is 0 Å². The summed E-state index contributed by atoms with van der Waals surface area (Å²) in [5.74, 6) is 0.0665. The molecule has 30 heavy (non-hydrogen) atoms. The molecule has 1 aliphatic rings. The molecule has 3 amide bonds. The zero-order chi connectivity index (χ0) is 21.1. The summed E-state index contributed by atoms with van der Waals surface area (Å²) in [5, 5.41) is 6.53. The molecule has 152 valence electrons. The fraction of sp³-hybridized carbons (Fsp3) is 0.227. The van der Waals surface area contributed by atoms with Crippen molar-refractivity contribution < 1.29 is 18.9 Å². The highest BCUT2D eigenvalue weighted by atomic mass is 16.5.